The molecule has 0 aliphatic carbocycles. The van der Waals surface area contributed by atoms with Gasteiger partial charge in [-0.1, -0.05) is 41.0 Å². The smallest absolute Gasteiger partial charge is 0.255 e. The molecule has 1 aromatic heterocycles. The molecule has 0 saturated heterocycles. The molecule has 3 aromatic carbocycles. The van der Waals surface area contributed by atoms with Crippen LogP contribution in [0.4, 0.5) is 11.6 Å². The summed E-state index contributed by atoms with van der Waals surface area (Å²) >= 11 is 9.63. The minimum absolute atomic E-state index is 0.273. The molecule has 0 saturated carbocycles. The van der Waals surface area contributed by atoms with Crippen molar-refractivity contribution in [1.29, 1.82) is 0 Å². The number of halogens is 2. The molecule has 1 atom stereocenters. The maximum Gasteiger partial charge on any atom is 0.255 e. The van der Waals surface area contributed by atoms with Crippen LogP contribution in [0.1, 0.15) is 29.7 Å². The quantitative estimate of drug-likeness (QED) is 0.274. The highest BCUT2D eigenvalue weighted by Gasteiger charge is 2.35. The number of rotatable bonds is 7. The monoisotopic (exact) mass is 594 g/mol. The molecule has 0 bridgehead atoms. The van der Waals surface area contributed by atoms with Crippen LogP contribution in [0, 0.1) is 6.92 Å². The van der Waals surface area contributed by atoms with Crippen molar-refractivity contribution in [2.75, 3.05) is 17.7 Å². The normalized spacial score (nSPS) is 14.5. The van der Waals surface area contributed by atoms with Gasteiger partial charge in [-0.15, -0.1) is 0 Å². The second kappa shape index (κ2) is 10.8. The van der Waals surface area contributed by atoms with Gasteiger partial charge < -0.3 is 20.1 Å². The van der Waals surface area contributed by atoms with Crippen molar-refractivity contribution in [3.63, 3.8) is 0 Å². The van der Waals surface area contributed by atoms with E-state index in [0.717, 1.165) is 16.7 Å². The average Bonchev–Trinajstić information content (AvgIpc) is 3.35. The van der Waals surface area contributed by atoms with Gasteiger partial charge in [-0.2, -0.15) is 4.68 Å². The number of nitrogens with one attached hydrogen (secondary N) is 2. The van der Waals surface area contributed by atoms with Gasteiger partial charge in [-0.05, 0) is 93.3 Å². The number of aryl methyl sites for hydroxylation is 1. The van der Waals surface area contributed by atoms with E-state index >= 15 is 0 Å². The fourth-order valence-corrected chi connectivity index (χ4v) is 5.01. The zero-order valence-electron chi connectivity index (χ0n) is 20.8. The Bertz CT molecular complexity index is 1540. The Kier molecular flexibility index (Phi) is 7.35. The largest absolute Gasteiger partial charge is 0.493 e. The lowest BCUT2D eigenvalue weighted by Crippen LogP contribution is -2.31. The molecule has 4 aromatic rings. The summed E-state index contributed by atoms with van der Waals surface area (Å²) in [6.45, 7) is 4.12. The molecule has 0 fully saturated rings. The summed E-state index contributed by atoms with van der Waals surface area (Å²) < 4.78 is 14.0. The molecule has 5 rings (SSSR count). The van der Waals surface area contributed by atoms with Crippen LogP contribution in [0.15, 0.2) is 76.4 Å². The van der Waals surface area contributed by atoms with Crippen LogP contribution in [-0.4, -0.2) is 33.2 Å². The van der Waals surface area contributed by atoms with Crippen molar-refractivity contribution in [2.45, 2.75) is 26.5 Å². The fraction of sp³-hybridized carbons (Fsp3) is 0.185. The Balaban J connectivity index is 1.51. The number of anilines is 2. The number of ether oxygens (including phenoxy) is 2. The number of nitrogens with zero attached hydrogens (tertiary/aromatic N) is 4. The van der Waals surface area contributed by atoms with Gasteiger partial charge in [0.25, 0.3) is 5.91 Å². The Morgan fingerprint density at radius 3 is 2.68 bits per heavy atom. The van der Waals surface area contributed by atoms with Gasteiger partial charge >= 0.3 is 0 Å². The van der Waals surface area contributed by atoms with Gasteiger partial charge in [-0.3, -0.25) is 4.79 Å². The van der Waals surface area contributed by atoms with E-state index in [1.165, 1.54) is 0 Å². The van der Waals surface area contributed by atoms with Crippen LogP contribution in [0.25, 0.3) is 0 Å². The fourth-order valence-electron chi connectivity index (χ4n) is 4.31. The predicted molar refractivity (Wildman–Crippen MR) is 149 cm³/mol. The molecule has 11 heteroatoms. The SMILES string of the molecule is COc1cc(C2C(C(=O)Nc3cccc(C)c3)=C(C)Nc3nnnn32)cc(Br)c1OCc1ccc(Cl)cc1. The van der Waals surface area contributed by atoms with Gasteiger partial charge in [0.15, 0.2) is 11.5 Å². The van der Waals surface area contributed by atoms with Gasteiger partial charge in [0.05, 0.1) is 17.2 Å². The highest BCUT2D eigenvalue weighted by Crippen LogP contribution is 2.43. The Morgan fingerprint density at radius 2 is 1.95 bits per heavy atom. The van der Waals surface area contributed by atoms with E-state index in [9.17, 15) is 4.79 Å². The highest BCUT2D eigenvalue weighted by molar-refractivity contribution is 9.10. The first-order valence-corrected chi connectivity index (χ1v) is 12.9. The van der Waals surface area contributed by atoms with Crippen LogP contribution in [0.3, 0.4) is 0 Å². The summed E-state index contributed by atoms with van der Waals surface area (Å²) in [7, 11) is 1.57. The number of tetrazole rings is 1. The molecule has 194 valence electrons. The van der Waals surface area contributed by atoms with Crippen molar-refractivity contribution in [2.24, 2.45) is 0 Å². The number of benzene rings is 3. The zero-order chi connectivity index (χ0) is 26.8. The number of amides is 1. The Morgan fingerprint density at radius 1 is 1.16 bits per heavy atom. The third kappa shape index (κ3) is 5.23. The van der Waals surface area contributed by atoms with Crippen molar-refractivity contribution < 1.29 is 14.3 Å². The molecule has 2 N–H and O–H groups in total. The first-order valence-electron chi connectivity index (χ1n) is 11.7. The van der Waals surface area contributed by atoms with Crippen LogP contribution in [0.2, 0.25) is 5.02 Å². The molecule has 9 nitrogen and oxygen atoms in total. The van der Waals surface area contributed by atoms with Crippen LogP contribution in [-0.2, 0) is 11.4 Å². The summed E-state index contributed by atoms with van der Waals surface area (Å²) in [4.78, 5) is 13.6. The van der Waals surface area contributed by atoms with Gasteiger partial charge in [0.1, 0.15) is 12.6 Å². The molecule has 1 unspecified atom stereocenters. The molecular formula is C27H24BrClN6O3. The Labute approximate surface area is 232 Å². The number of methoxy groups -OCH3 is 1. The summed E-state index contributed by atoms with van der Waals surface area (Å²) in [6.07, 6.45) is 0. The third-order valence-corrected chi connectivity index (χ3v) is 6.94. The van der Waals surface area contributed by atoms with E-state index in [1.807, 2.05) is 74.5 Å². The van der Waals surface area contributed by atoms with E-state index in [-0.39, 0.29) is 5.91 Å². The van der Waals surface area contributed by atoms with Crippen LogP contribution in [0.5, 0.6) is 11.5 Å². The van der Waals surface area contributed by atoms with Gasteiger partial charge in [0.2, 0.25) is 5.95 Å². The molecule has 0 radical (unpaired) electrons. The zero-order valence-corrected chi connectivity index (χ0v) is 23.2. The van der Waals surface area contributed by atoms with Gasteiger partial charge in [-0.25, -0.2) is 0 Å². The molecule has 1 aliphatic heterocycles. The van der Waals surface area contributed by atoms with E-state index in [1.54, 1.807) is 11.8 Å². The second-order valence-corrected chi connectivity index (χ2v) is 10.1. The summed E-state index contributed by atoms with van der Waals surface area (Å²) in [6, 6.07) is 18.1. The van der Waals surface area contributed by atoms with E-state index in [4.69, 9.17) is 21.1 Å². The van der Waals surface area contributed by atoms with Crippen molar-refractivity contribution in [3.05, 3.63) is 98.1 Å². The second-order valence-electron chi connectivity index (χ2n) is 8.79. The van der Waals surface area contributed by atoms with E-state index in [0.29, 0.717) is 50.5 Å². The molecule has 0 spiro atoms. The minimum Gasteiger partial charge on any atom is -0.493 e. The number of fused-ring (bicyclic) bond motifs is 1. The number of hydrogen-bond donors (Lipinski definition) is 2. The van der Waals surface area contributed by atoms with E-state index in [2.05, 4.69) is 42.1 Å². The van der Waals surface area contributed by atoms with Crippen LogP contribution < -0.4 is 20.1 Å². The molecule has 1 amide bonds. The first kappa shape index (κ1) is 25.7. The van der Waals surface area contributed by atoms with E-state index < -0.39 is 6.04 Å². The highest BCUT2D eigenvalue weighted by atomic mass is 79.9. The van der Waals surface area contributed by atoms with Gasteiger partial charge in [0, 0.05) is 16.4 Å². The number of carbonyl (C=O) groups is 1. The Hall–Kier alpha value is -3.89. The van der Waals surface area contributed by atoms with Crippen molar-refractivity contribution in [1.82, 2.24) is 20.2 Å². The maximum atomic E-state index is 13.6. The molecule has 2 heterocycles. The van der Waals surface area contributed by atoms with Crippen molar-refractivity contribution in [3.8, 4) is 11.5 Å². The first-order chi connectivity index (χ1) is 18.3. The summed E-state index contributed by atoms with van der Waals surface area (Å²) in [5.41, 5.74) is 4.53. The molecular weight excluding hydrogens is 572 g/mol. The average molecular weight is 596 g/mol. The topological polar surface area (TPSA) is 103 Å². The lowest BCUT2D eigenvalue weighted by atomic mass is 9.94. The summed E-state index contributed by atoms with van der Waals surface area (Å²) in [5.74, 6) is 1.18. The predicted octanol–water partition coefficient (Wildman–Crippen LogP) is 5.91. The third-order valence-electron chi connectivity index (χ3n) is 6.10. The molecule has 1 aliphatic rings. The lowest BCUT2D eigenvalue weighted by molar-refractivity contribution is -0.113. The number of allylic oxidation sites excluding steroid dienone is 1. The summed E-state index contributed by atoms with van der Waals surface area (Å²) in [5, 5.41) is 18.9. The number of hydrogen-bond acceptors (Lipinski definition) is 7. The standard InChI is InChI=1S/C27H24BrClN6O3/c1-15-5-4-6-20(11-15)31-26(36)23-16(2)30-27-32-33-34-35(27)24(23)18-12-21(28)25(22(13-18)37-3)38-14-17-7-9-19(29)10-8-17/h4-13,24H,14H2,1-3H3,(H,31,36)(H,30,32,34). The lowest BCUT2D eigenvalue weighted by Gasteiger charge is -2.28. The molecule has 38 heavy (non-hydrogen) atoms. The maximum absolute atomic E-state index is 13.6. The van der Waals surface area contributed by atoms with Crippen LogP contribution >= 0.6 is 27.5 Å². The van der Waals surface area contributed by atoms with Crippen molar-refractivity contribution >= 4 is 45.1 Å². The number of carbonyl (C=O) groups excluding carboxylic acids is 1. The number of aromatic nitrogens is 4. The minimum atomic E-state index is -0.624.